The number of amides is 1. The average molecular weight is 467 g/mol. The molecule has 1 N–H and O–H groups in total. The number of carbonyl (C=O) groups excluding carboxylic acids is 1. The molecule has 0 aliphatic rings. The number of methoxy groups -OCH3 is 1. The lowest BCUT2D eigenvalue weighted by Crippen LogP contribution is -2.29. The zero-order valence-electron chi connectivity index (χ0n) is 19.6. The summed E-state index contributed by atoms with van der Waals surface area (Å²) in [4.78, 5) is 13.1. The minimum atomic E-state index is -3.69. The third-order valence-corrected chi connectivity index (χ3v) is 7.51. The Kier molecular flexibility index (Phi) is 7.43. The predicted octanol–water partition coefficient (Wildman–Crippen LogP) is 5.02. The van der Waals surface area contributed by atoms with Gasteiger partial charge in [-0.25, -0.2) is 8.42 Å². The molecule has 174 valence electrons. The van der Waals surface area contributed by atoms with Crippen LogP contribution in [-0.2, 0) is 10.0 Å². The second-order valence-corrected chi connectivity index (χ2v) is 9.97. The monoisotopic (exact) mass is 466 g/mol. The van der Waals surface area contributed by atoms with Gasteiger partial charge in [0.15, 0.2) is 0 Å². The molecule has 0 spiro atoms. The summed E-state index contributed by atoms with van der Waals surface area (Å²) in [5.41, 5.74) is 3.94. The minimum absolute atomic E-state index is 0.147. The molecule has 0 heterocycles. The van der Waals surface area contributed by atoms with Crippen molar-refractivity contribution in [3.05, 3.63) is 89.0 Å². The molecule has 0 aromatic heterocycles. The molecule has 1 amide bonds. The van der Waals surface area contributed by atoms with Gasteiger partial charge in [-0.3, -0.25) is 9.10 Å². The molecule has 3 aromatic rings. The molecule has 33 heavy (non-hydrogen) atoms. The molecule has 1 atom stereocenters. The zero-order chi connectivity index (χ0) is 24.2. The number of hydrogen-bond donors (Lipinski definition) is 1. The van der Waals surface area contributed by atoms with Crippen LogP contribution in [0.3, 0.4) is 0 Å². The maximum atomic E-state index is 12.9. The van der Waals surface area contributed by atoms with E-state index in [1.165, 1.54) is 11.4 Å². The van der Waals surface area contributed by atoms with Crippen molar-refractivity contribution in [1.82, 2.24) is 5.32 Å². The van der Waals surface area contributed by atoms with Crippen LogP contribution in [0.25, 0.3) is 0 Å². The molecule has 7 heteroatoms. The van der Waals surface area contributed by atoms with E-state index in [0.717, 1.165) is 28.9 Å². The topological polar surface area (TPSA) is 75.7 Å². The highest BCUT2D eigenvalue weighted by Crippen LogP contribution is 2.26. The summed E-state index contributed by atoms with van der Waals surface area (Å²) in [5.74, 6) is 0.589. The molecule has 0 bridgehead atoms. The normalized spacial score (nSPS) is 12.2. The molecule has 0 radical (unpaired) electrons. The van der Waals surface area contributed by atoms with Crippen LogP contribution in [-0.4, -0.2) is 28.5 Å². The van der Waals surface area contributed by atoms with Crippen molar-refractivity contribution >= 4 is 21.6 Å². The van der Waals surface area contributed by atoms with E-state index in [2.05, 4.69) is 5.32 Å². The molecule has 0 saturated heterocycles. The summed E-state index contributed by atoms with van der Waals surface area (Å²) < 4.78 is 32.4. The van der Waals surface area contributed by atoms with Crippen molar-refractivity contribution in [2.75, 3.05) is 18.5 Å². The van der Waals surface area contributed by atoms with Crippen LogP contribution in [0, 0.1) is 13.8 Å². The maximum Gasteiger partial charge on any atom is 0.264 e. The number of nitrogens with one attached hydrogen (secondary N) is 1. The van der Waals surface area contributed by atoms with E-state index in [1.54, 1.807) is 55.6 Å². The van der Waals surface area contributed by atoms with E-state index in [0.29, 0.717) is 11.3 Å². The van der Waals surface area contributed by atoms with E-state index in [4.69, 9.17) is 4.74 Å². The summed E-state index contributed by atoms with van der Waals surface area (Å²) in [6.45, 7) is 5.89. The second-order valence-electron chi connectivity index (χ2n) is 8.00. The predicted molar refractivity (Wildman–Crippen MR) is 131 cm³/mol. The van der Waals surface area contributed by atoms with Gasteiger partial charge in [-0.05, 0) is 73.9 Å². The van der Waals surface area contributed by atoms with Crippen molar-refractivity contribution in [2.24, 2.45) is 0 Å². The number of rotatable bonds is 8. The first-order chi connectivity index (χ1) is 15.7. The fourth-order valence-corrected chi connectivity index (χ4v) is 4.81. The van der Waals surface area contributed by atoms with Gasteiger partial charge in [0.2, 0.25) is 0 Å². The lowest BCUT2D eigenvalue weighted by atomic mass is 10.0. The van der Waals surface area contributed by atoms with Crippen LogP contribution >= 0.6 is 0 Å². The highest BCUT2D eigenvalue weighted by molar-refractivity contribution is 7.92. The van der Waals surface area contributed by atoms with Gasteiger partial charge in [0, 0.05) is 12.6 Å². The maximum absolute atomic E-state index is 12.9. The van der Waals surface area contributed by atoms with Gasteiger partial charge in [0.25, 0.3) is 15.9 Å². The van der Waals surface area contributed by atoms with E-state index in [9.17, 15) is 13.2 Å². The quantitative estimate of drug-likeness (QED) is 0.506. The van der Waals surface area contributed by atoms with E-state index < -0.39 is 10.0 Å². The van der Waals surface area contributed by atoms with Crippen LogP contribution < -0.4 is 14.4 Å². The summed E-state index contributed by atoms with van der Waals surface area (Å²) in [5, 5.41) is 3.06. The zero-order valence-corrected chi connectivity index (χ0v) is 20.4. The van der Waals surface area contributed by atoms with Gasteiger partial charge >= 0.3 is 0 Å². The van der Waals surface area contributed by atoms with Gasteiger partial charge in [0.1, 0.15) is 5.75 Å². The Morgan fingerprint density at radius 1 is 1.00 bits per heavy atom. The number of hydrogen-bond acceptors (Lipinski definition) is 4. The minimum Gasteiger partial charge on any atom is -0.496 e. The molecule has 3 rings (SSSR count). The van der Waals surface area contributed by atoms with Crippen molar-refractivity contribution in [2.45, 2.75) is 38.1 Å². The Morgan fingerprint density at radius 2 is 1.64 bits per heavy atom. The highest BCUT2D eigenvalue weighted by atomic mass is 32.2. The van der Waals surface area contributed by atoms with Crippen molar-refractivity contribution < 1.29 is 17.9 Å². The van der Waals surface area contributed by atoms with Gasteiger partial charge < -0.3 is 10.1 Å². The van der Waals surface area contributed by atoms with Crippen LogP contribution in [0.4, 0.5) is 5.69 Å². The van der Waals surface area contributed by atoms with Crippen LogP contribution in [0.15, 0.2) is 71.6 Å². The Labute approximate surface area is 196 Å². The van der Waals surface area contributed by atoms with Crippen LogP contribution in [0.2, 0.25) is 0 Å². The third-order valence-electron chi connectivity index (χ3n) is 5.71. The number of benzene rings is 3. The Hall–Kier alpha value is -3.32. The molecule has 6 nitrogen and oxygen atoms in total. The van der Waals surface area contributed by atoms with Crippen molar-refractivity contribution in [3.8, 4) is 5.75 Å². The van der Waals surface area contributed by atoms with E-state index in [1.807, 2.05) is 39.0 Å². The summed E-state index contributed by atoms with van der Waals surface area (Å²) >= 11 is 0. The summed E-state index contributed by atoms with van der Waals surface area (Å²) in [6.07, 6.45) is 0.729. The molecule has 0 saturated carbocycles. The van der Waals surface area contributed by atoms with Crippen molar-refractivity contribution in [1.29, 1.82) is 0 Å². The van der Waals surface area contributed by atoms with Gasteiger partial charge in [0.05, 0.1) is 23.7 Å². The molecule has 0 fully saturated rings. The number of aryl methyl sites for hydroxylation is 2. The molecule has 0 unspecified atom stereocenters. The van der Waals surface area contributed by atoms with Crippen LogP contribution in [0.1, 0.15) is 46.4 Å². The Morgan fingerprint density at radius 3 is 2.18 bits per heavy atom. The number of anilines is 1. The second kappa shape index (κ2) is 10.1. The molecule has 0 aliphatic carbocycles. The Bertz CT molecular complexity index is 1220. The molecular weight excluding hydrogens is 436 g/mol. The average Bonchev–Trinajstić information content (AvgIpc) is 2.82. The molecule has 3 aromatic carbocycles. The van der Waals surface area contributed by atoms with E-state index >= 15 is 0 Å². The van der Waals surface area contributed by atoms with Crippen molar-refractivity contribution in [3.63, 3.8) is 0 Å². The number of sulfonamides is 1. The summed E-state index contributed by atoms with van der Waals surface area (Å²) in [6, 6.07) is 19.0. The smallest absolute Gasteiger partial charge is 0.264 e. The van der Waals surface area contributed by atoms with Gasteiger partial charge in [-0.15, -0.1) is 0 Å². The first-order valence-electron chi connectivity index (χ1n) is 10.8. The lowest BCUT2D eigenvalue weighted by Gasteiger charge is -2.21. The SMILES string of the molecule is CC[C@H](NC(=O)c1ccc(N(C)S(=O)(=O)c2ccc(C)cc2)cc1)c1ccc(OC)c(C)c1. The first kappa shape index (κ1) is 24.3. The lowest BCUT2D eigenvalue weighted by molar-refractivity contribution is 0.0935. The summed E-state index contributed by atoms with van der Waals surface area (Å²) in [7, 11) is -0.552. The Balaban J connectivity index is 1.75. The fourth-order valence-electron chi connectivity index (χ4n) is 3.61. The first-order valence-corrected chi connectivity index (χ1v) is 12.2. The standard InChI is InChI=1S/C26H30N2O4S/c1-6-24(21-11-16-25(32-5)19(3)17-21)27-26(29)20-9-12-22(13-10-20)28(4)33(30,31)23-14-7-18(2)8-15-23/h7-17,24H,6H2,1-5H3,(H,27,29)/t24-/m0/s1. The number of ether oxygens (including phenoxy) is 1. The van der Waals surface area contributed by atoms with E-state index in [-0.39, 0.29) is 16.8 Å². The highest BCUT2D eigenvalue weighted by Gasteiger charge is 2.22. The number of carbonyl (C=O) groups is 1. The number of nitrogens with zero attached hydrogens (tertiary/aromatic N) is 1. The third kappa shape index (κ3) is 5.37. The van der Waals surface area contributed by atoms with Gasteiger partial charge in [-0.2, -0.15) is 0 Å². The van der Waals surface area contributed by atoms with Crippen LogP contribution in [0.5, 0.6) is 5.75 Å². The molecular formula is C26H30N2O4S. The molecule has 0 aliphatic heterocycles. The fraction of sp³-hybridized carbons (Fsp3) is 0.269. The van der Waals surface area contributed by atoms with Gasteiger partial charge in [-0.1, -0.05) is 36.8 Å². The largest absolute Gasteiger partial charge is 0.496 e.